The van der Waals surface area contributed by atoms with Gasteiger partial charge in [-0.1, -0.05) is 11.4 Å². The van der Waals surface area contributed by atoms with Crippen molar-refractivity contribution in [2.75, 3.05) is 18.4 Å². The van der Waals surface area contributed by atoms with E-state index in [-0.39, 0.29) is 5.91 Å². The summed E-state index contributed by atoms with van der Waals surface area (Å²) in [7, 11) is 0. The van der Waals surface area contributed by atoms with Crippen molar-refractivity contribution in [2.45, 2.75) is 26.8 Å². The minimum atomic E-state index is -0.168. The van der Waals surface area contributed by atoms with Gasteiger partial charge in [0.05, 0.1) is 23.8 Å². The molecule has 126 valence electrons. The molecule has 0 aliphatic rings. The van der Waals surface area contributed by atoms with Crippen LogP contribution < -0.4 is 10.6 Å². The molecule has 0 fully saturated rings. The molecule has 10 heteroatoms. The zero-order valence-corrected chi connectivity index (χ0v) is 14.3. The monoisotopic (exact) mass is 346 g/mol. The van der Waals surface area contributed by atoms with Gasteiger partial charge in [0.1, 0.15) is 17.0 Å². The van der Waals surface area contributed by atoms with E-state index in [1.54, 1.807) is 17.8 Å². The Bertz CT molecular complexity index is 842. The maximum atomic E-state index is 12.0. The van der Waals surface area contributed by atoms with Gasteiger partial charge in [0.25, 0.3) is 5.91 Å². The molecule has 0 spiro atoms. The number of nitrogens with one attached hydrogen (secondary N) is 2. The molecule has 9 nitrogen and oxygen atoms in total. The number of hydrogen-bond acceptors (Lipinski definition) is 8. The molecule has 3 heterocycles. The summed E-state index contributed by atoms with van der Waals surface area (Å²) in [5, 5.41) is 15.2. The summed E-state index contributed by atoms with van der Waals surface area (Å²) >= 11 is 1.09. The Morgan fingerprint density at radius 3 is 2.96 bits per heavy atom. The fourth-order valence-corrected chi connectivity index (χ4v) is 2.81. The first-order valence-electron chi connectivity index (χ1n) is 7.68. The SMILES string of the molecule is CCCNc1ncnc2c1cnn2CCNC(=O)c1snnc1C. The van der Waals surface area contributed by atoms with Crippen LogP contribution in [0.4, 0.5) is 5.82 Å². The van der Waals surface area contributed by atoms with Crippen LogP contribution in [0.2, 0.25) is 0 Å². The van der Waals surface area contributed by atoms with Crippen LogP contribution in [0.3, 0.4) is 0 Å². The molecule has 1 amide bonds. The second-order valence-corrected chi connectivity index (χ2v) is 5.95. The molecule has 0 saturated carbocycles. The summed E-state index contributed by atoms with van der Waals surface area (Å²) in [5.41, 5.74) is 1.38. The van der Waals surface area contributed by atoms with Gasteiger partial charge >= 0.3 is 0 Å². The van der Waals surface area contributed by atoms with Gasteiger partial charge in [-0.15, -0.1) is 5.10 Å². The summed E-state index contributed by atoms with van der Waals surface area (Å²) in [6, 6.07) is 0. The summed E-state index contributed by atoms with van der Waals surface area (Å²) < 4.78 is 5.52. The lowest BCUT2D eigenvalue weighted by Gasteiger charge is -2.06. The van der Waals surface area contributed by atoms with Crippen LogP contribution in [0.15, 0.2) is 12.5 Å². The van der Waals surface area contributed by atoms with Crippen LogP contribution in [0.1, 0.15) is 28.7 Å². The van der Waals surface area contributed by atoms with E-state index in [9.17, 15) is 4.79 Å². The first-order chi connectivity index (χ1) is 11.7. The number of nitrogens with zero attached hydrogens (tertiary/aromatic N) is 6. The topological polar surface area (TPSA) is 111 Å². The predicted molar refractivity (Wildman–Crippen MR) is 91.1 cm³/mol. The lowest BCUT2D eigenvalue weighted by Crippen LogP contribution is -2.27. The fourth-order valence-electron chi connectivity index (χ4n) is 2.24. The van der Waals surface area contributed by atoms with Crippen LogP contribution >= 0.6 is 11.5 Å². The minimum Gasteiger partial charge on any atom is -0.369 e. The van der Waals surface area contributed by atoms with Crippen molar-refractivity contribution in [3.63, 3.8) is 0 Å². The summed E-state index contributed by atoms with van der Waals surface area (Å²) in [5.74, 6) is 0.613. The molecule has 3 aromatic rings. The first-order valence-corrected chi connectivity index (χ1v) is 8.45. The lowest BCUT2D eigenvalue weighted by molar-refractivity contribution is 0.0955. The third kappa shape index (κ3) is 3.32. The van der Waals surface area contributed by atoms with E-state index in [0.29, 0.717) is 23.7 Å². The molecule has 2 N–H and O–H groups in total. The zero-order chi connectivity index (χ0) is 16.9. The molecule has 0 unspecified atom stereocenters. The Labute approximate surface area is 142 Å². The van der Waals surface area contributed by atoms with E-state index in [1.807, 2.05) is 0 Å². The van der Waals surface area contributed by atoms with Crippen LogP contribution in [0, 0.1) is 6.92 Å². The van der Waals surface area contributed by atoms with E-state index >= 15 is 0 Å². The maximum Gasteiger partial charge on any atom is 0.265 e. The molecule has 0 aliphatic carbocycles. The predicted octanol–water partition coefficient (Wildman–Crippen LogP) is 1.24. The van der Waals surface area contributed by atoms with Gasteiger partial charge in [0, 0.05) is 13.1 Å². The van der Waals surface area contributed by atoms with Gasteiger partial charge in [-0.05, 0) is 24.9 Å². The number of aromatic nitrogens is 6. The smallest absolute Gasteiger partial charge is 0.265 e. The number of carbonyl (C=O) groups is 1. The van der Waals surface area contributed by atoms with Gasteiger partial charge < -0.3 is 10.6 Å². The van der Waals surface area contributed by atoms with E-state index < -0.39 is 0 Å². The van der Waals surface area contributed by atoms with Gasteiger partial charge in [-0.25, -0.2) is 14.6 Å². The van der Waals surface area contributed by atoms with Crippen molar-refractivity contribution >= 4 is 34.3 Å². The van der Waals surface area contributed by atoms with Gasteiger partial charge in [0.2, 0.25) is 0 Å². The Hall–Kier alpha value is -2.62. The molecule has 0 aromatic carbocycles. The van der Waals surface area contributed by atoms with E-state index in [0.717, 1.165) is 41.3 Å². The normalized spacial score (nSPS) is 10.9. The number of anilines is 1. The van der Waals surface area contributed by atoms with Crippen LogP contribution in [0.25, 0.3) is 11.0 Å². The first kappa shape index (κ1) is 16.2. The molecule has 0 radical (unpaired) electrons. The number of fused-ring (bicyclic) bond motifs is 1. The molecule has 0 aliphatic heterocycles. The Balaban J connectivity index is 1.65. The molecular weight excluding hydrogens is 328 g/mol. The summed E-state index contributed by atoms with van der Waals surface area (Å²) in [4.78, 5) is 21.1. The van der Waals surface area contributed by atoms with Gasteiger partial charge in [0.15, 0.2) is 5.65 Å². The molecular formula is C14H18N8OS. The third-order valence-electron chi connectivity index (χ3n) is 3.44. The van der Waals surface area contributed by atoms with Crippen molar-refractivity contribution in [3.05, 3.63) is 23.1 Å². The quantitative estimate of drug-likeness (QED) is 0.662. The molecule has 3 aromatic heterocycles. The van der Waals surface area contributed by atoms with Gasteiger partial charge in [-0.2, -0.15) is 5.10 Å². The number of amides is 1. The molecule has 0 atom stereocenters. The standard InChI is InChI=1S/C14H18N8OS/c1-3-4-15-12-10-7-19-22(13(10)18-8-17-12)6-5-16-14(23)11-9(2)20-21-24-11/h7-8H,3-6H2,1-2H3,(H,16,23)(H,15,17,18). The summed E-state index contributed by atoms with van der Waals surface area (Å²) in [6.45, 7) is 5.66. The van der Waals surface area contributed by atoms with E-state index in [4.69, 9.17) is 0 Å². The number of aryl methyl sites for hydroxylation is 1. The highest BCUT2D eigenvalue weighted by Gasteiger charge is 2.13. The molecule has 0 saturated heterocycles. The van der Waals surface area contributed by atoms with E-state index in [1.165, 1.54) is 6.33 Å². The summed E-state index contributed by atoms with van der Waals surface area (Å²) in [6.07, 6.45) is 4.27. The van der Waals surface area contributed by atoms with Crippen LogP contribution in [0.5, 0.6) is 0 Å². The Morgan fingerprint density at radius 2 is 2.21 bits per heavy atom. The number of carbonyl (C=O) groups excluding carboxylic acids is 1. The van der Waals surface area contributed by atoms with Crippen molar-refractivity contribution < 1.29 is 4.79 Å². The Morgan fingerprint density at radius 1 is 1.33 bits per heavy atom. The van der Waals surface area contributed by atoms with Crippen molar-refractivity contribution in [1.82, 2.24) is 34.7 Å². The molecule has 3 rings (SSSR count). The largest absolute Gasteiger partial charge is 0.369 e. The number of rotatable bonds is 7. The second kappa shape index (κ2) is 7.30. The average Bonchev–Trinajstić information content (AvgIpc) is 3.19. The second-order valence-electron chi connectivity index (χ2n) is 5.20. The highest BCUT2D eigenvalue weighted by atomic mass is 32.1. The van der Waals surface area contributed by atoms with E-state index in [2.05, 4.69) is 42.2 Å². The maximum absolute atomic E-state index is 12.0. The van der Waals surface area contributed by atoms with Crippen LogP contribution in [-0.4, -0.2) is 48.3 Å². The molecule has 24 heavy (non-hydrogen) atoms. The van der Waals surface area contributed by atoms with Gasteiger partial charge in [-0.3, -0.25) is 4.79 Å². The minimum absolute atomic E-state index is 0.168. The fraction of sp³-hybridized carbons (Fsp3) is 0.429. The van der Waals surface area contributed by atoms with Crippen molar-refractivity contribution in [2.24, 2.45) is 0 Å². The average molecular weight is 346 g/mol. The van der Waals surface area contributed by atoms with Crippen LogP contribution in [-0.2, 0) is 6.54 Å². The van der Waals surface area contributed by atoms with Crippen molar-refractivity contribution in [3.8, 4) is 0 Å². The third-order valence-corrected chi connectivity index (χ3v) is 4.27. The highest BCUT2D eigenvalue weighted by Crippen LogP contribution is 2.18. The Kier molecular flexibility index (Phi) is 4.94. The highest BCUT2D eigenvalue weighted by molar-refractivity contribution is 7.07. The van der Waals surface area contributed by atoms with Crippen molar-refractivity contribution in [1.29, 1.82) is 0 Å². The molecule has 0 bridgehead atoms. The lowest BCUT2D eigenvalue weighted by atomic mass is 10.3. The zero-order valence-electron chi connectivity index (χ0n) is 13.5. The number of hydrogen-bond donors (Lipinski definition) is 2.